The Morgan fingerprint density at radius 3 is 2.79 bits per heavy atom. The van der Waals surface area contributed by atoms with Crippen molar-refractivity contribution in [1.82, 2.24) is 15.1 Å². The monoisotopic (exact) mass is 340 g/mol. The number of anilines is 1. The number of carbonyl (C=O) groups excluding carboxylic acids is 1. The second-order valence-corrected chi connectivity index (χ2v) is 5.91. The molecule has 1 aromatic carbocycles. The molecule has 0 atom stereocenters. The summed E-state index contributed by atoms with van der Waals surface area (Å²) in [5.41, 5.74) is 1.56. The van der Waals surface area contributed by atoms with E-state index in [2.05, 4.69) is 20.4 Å². The lowest BCUT2D eigenvalue weighted by molar-refractivity contribution is -0.116. The molecule has 24 heavy (non-hydrogen) atoms. The Morgan fingerprint density at radius 1 is 1.25 bits per heavy atom. The van der Waals surface area contributed by atoms with E-state index in [1.165, 1.54) is 0 Å². The summed E-state index contributed by atoms with van der Waals surface area (Å²) < 4.78 is 5.18. The predicted octanol–water partition coefficient (Wildman–Crippen LogP) is 3.42. The van der Waals surface area contributed by atoms with Gasteiger partial charge in [0.15, 0.2) is 0 Å². The first kappa shape index (κ1) is 16.2. The van der Waals surface area contributed by atoms with Crippen molar-refractivity contribution < 1.29 is 9.32 Å². The van der Waals surface area contributed by atoms with Crippen LogP contribution >= 0.6 is 11.8 Å². The van der Waals surface area contributed by atoms with Crippen LogP contribution in [0.5, 0.6) is 0 Å². The summed E-state index contributed by atoms with van der Waals surface area (Å²) in [4.78, 5) is 21.5. The fraction of sp³-hybridized carbons (Fsp3) is 0.176. The maximum Gasteiger partial charge on any atom is 0.227 e. The van der Waals surface area contributed by atoms with Crippen molar-refractivity contribution in [2.24, 2.45) is 0 Å². The minimum atomic E-state index is -0.0898. The Bertz CT molecular complexity index is 803. The van der Waals surface area contributed by atoms with Crippen LogP contribution < -0.4 is 5.32 Å². The highest BCUT2D eigenvalue weighted by Gasteiger charge is 2.11. The van der Waals surface area contributed by atoms with E-state index < -0.39 is 0 Å². The third-order valence-corrected chi connectivity index (χ3v) is 4.07. The van der Waals surface area contributed by atoms with Crippen LogP contribution in [-0.4, -0.2) is 27.3 Å². The Hall–Kier alpha value is -2.67. The molecule has 0 aliphatic carbocycles. The Balaban J connectivity index is 1.53. The fourth-order valence-corrected chi connectivity index (χ4v) is 2.50. The van der Waals surface area contributed by atoms with Crippen LogP contribution in [-0.2, 0) is 11.2 Å². The van der Waals surface area contributed by atoms with Gasteiger partial charge in [-0.2, -0.15) is 4.98 Å². The molecular weight excluding hydrogens is 324 g/mol. The zero-order chi connectivity index (χ0) is 16.8. The van der Waals surface area contributed by atoms with Gasteiger partial charge in [0.1, 0.15) is 0 Å². The van der Waals surface area contributed by atoms with Gasteiger partial charge in [0.05, 0.1) is 0 Å². The van der Waals surface area contributed by atoms with Crippen molar-refractivity contribution >= 4 is 23.4 Å². The first-order valence-electron chi connectivity index (χ1n) is 7.41. The van der Waals surface area contributed by atoms with Gasteiger partial charge >= 0.3 is 0 Å². The average Bonchev–Trinajstić information content (AvgIpc) is 3.10. The van der Waals surface area contributed by atoms with Gasteiger partial charge in [0, 0.05) is 41.4 Å². The molecule has 0 aliphatic rings. The second-order valence-electron chi connectivity index (χ2n) is 5.03. The lowest BCUT2D eigenvalue weighted by atomic mass is 10.2. The number of thioether (sulfide) groups is 1. The van der Waals surface area contributed by atoms with Crippen molar-refractivity contribution in [1.29, 1.82) is 0 Å². The van der Waals surface area contributed by atoms with Gasteiger partial charge in [-0.3, -0.25) is 9.78 Å². The van der Waals surface area contributed by atoms with E-state index >= 15 is 0 Å². The summed E-state index contributed by atoms with van der Waals surface area (Å²) >= 11 is 1.66. The molecular formula is C17H16N4O2S. The third kappa shape index (κ3) is 4.20. The van der Waals surface area contributed by atoms with E-state index in [9.17, 15) is 4.79 Å². The molecule has 2 aromatic heterocycles. The molecule has 2 heterocycles. The van der Waals surface area contributed by atoms with Gasteiger partial charge in [-0.25, -0.2) is 0 Å². The Kier molecular flexibility index (Phi) is 5.22. The van der Waals surface area contributed by atoms with Crippen molar-refractivity contribution in [3.8, 4) is 11.4 Å². The number of benzene rings is 1. The topological polar surface area (TPSA) is 80.9 Å². The minimum absolute atomic E-state index is 0.0898. The summed E-state index contributed by atoms with van der Waals surface area (Å²) in [6, 6.07) is 11.4. The van der Waals surface area contributed by atoms with E-state index in [4.69, 9.17) is 4.52 Å². The molecule has 0 saturated carbocycles. The summed E-state index contributed by atoms with van der Waals surface area (Å²) in [6.07, 6.45) is 6.03. The summed E-state index contributed by atoms with van der Waals surface area (Å²) in [6.45, 7) is 0. The molecule has 0 saturated heterocycles. The number of carbonyl (C=O) groups is 1. The van der Waals surface area contributed by atoms with Crippen LogP contribution in [0.15, 0.2) is 58.2 Å². The number of nitrogens with one attached hydrogen (secondary N) is 1. The van der Waals surface area contributed by atoms with Gasteiger partial charge in [-0.15, -0.1) is 11.8 Å². The quantitative estimate of drug-likeness (QED) is 0.693. The first-order valence-corrected chi connectivity index (χ1v) is 8.64. The van der Waals surface area contributed by atoms with Gasteiger partial charge < -0.3 is 9.84 Å². The van der Waals surface area contributed by atoms with E-state index in [0.29, 0.717) is 18.1 Å². The molecule has 122 valence electrons. The maximum atomic E-state index is 12.0. The largest absolute Gasteiger partial charge is 0.339 e. The van der Waals surface area contributed by atoms with Crippen LogP contribution in [0.3, 0.4) is 0 Å². The van der Waals surface area contributed by atoms with Crippen molar-refractivity contribution in [3.05, 3.63) is 54.7 Å². The molecule has 0 unspecified atom stereocenters. The maximum absolute atomic E-state index is 12.0. The molecule has 0 bridgehead atoms. The number of nitrogens with zero attached hydrogens (tertiary/aromatic N) is 3. The minimum Gasteiger partial charge on any atom is -0.339 e. The normalized spacial score (nSPS) is 10.5. The number of amides is 1. The highest BCUT2D eigenvalue weighted by atomic mass is 32.2. The van der Waals surface area contributed by atoms with Crippen molar-refractivity contribution in [2.75, 3.05) is 11.6 Å². The highest BCUT2D eigenvalue weighted by Crippen LogP contribution is 2.18. The lowest BCUT2D eigenvalue weighted by Gasteiger charge is -2.04. The molecule has 0 radical (unpaired) electrons. The number of rotatable bonds is 6. The first-order chi connectivity index (χ1) is 11.7. The SMILES string of the molecule is CSc1ccc(NC(=O)CCc2nc(-c3cccnc3)no2)cc1. The standard InChI is InChI=1S/C17H16N4O2S/c1-24-14-6-4-13(5-7-14)19-15(22)8-9-16-20-17(21-23-16)12-3-2-10-18-11-12/h2-7,10-11H,8-9H2,1H3,(H,19,22). The highest BCUT2D eigenvalue weighted by molar-refractivity contribution is 7.98. The van der Waals surface area contributed by atoms with Gasteiger partial charge in [0.25, 0.3) is 0 Å². The van der Waals surface area contributed by atoms with Gasteiger partial charge in [-0.05, 0) is 42.7 Å². The van der Waals surface area contributed by atoms with Crippen molar-refractivity contribution in [2.45, 2.75) is 17.7 Å². The molecule has 0 fully saturated rings. The zero-order valence-corrected chi connectivity index (χ0v) is 13.9. The molecule has 1 N–H and O–H groups in total. The number of pyridine rings is 1. The lowest BCUT2D eigenvalue weighted by Crippen LogP contribution is -2.12. The van der Waals surface area contributed by atoms with Crippen LogP contribution in [0.2, 0.25) is 0 Å². The molecule has 0 spiro atoms. The Morgan fingerprint density at radius 2 is 2.08 bits per heavy atom. The van der Waals surface area contributed by atoms with Gasteiger partial charge in [-0.1, -0.05) is 5.16 Å². The molecule has 7 heteroatoms. The molecule has 3 rings (SSSR count). The van der Waals surface area contributed by atoms with Crippen LogP contribution in [0.1, 0.15) is 12.3 Å². The number of hydrogen-bond donors (Lipinski definition) is 1. The van der Waals surface area contributed by atoms with E-state index in [0.717, 1.165) is 16.1 Å². The van der Waals surface area contributed by atoms with Crippen LogP contribution in [0, 0.1) is 0 Å². The van der Waals surface area contributed by atoms with Gasteiger partial charge in [0.2, 0.25) is 17.6 Å². The summed E-state index contributed by atoms with van der Waals surface area (Å²) in [7, 11) is 0. The predicted molar refractivity (Wildman–Crippen MR) is 92.7 cm³/mol. The smallest absolute Gasteiger partial charge is 0.227 e. The van der Waals surface area contributed by atoms with E-state index in [1.807, 2.05) is 36.6 Å². The van der Waals surface area contributed by atoms with Crippen LogP contribution in [0.25, 0.3) is 11.4 Å². The number of aromatic nitrogens is 3. The second kappa shape index (κ2) is 7.74. The van der Waals surface area contributed by atoms with E-state index in [1.54, 1.807) is 30.2 Å². The number of aryl methyl sites for hydroxylation is 1. The molecule has 0 aliphatic heterocycles. The van der Waals surface area contributed by atoms with E-state index in [-0.39, 0.29) is 12.3 Å². The molecule has 6 nitrogen and oxygen atoms in total. The third-order valence-electron chi connectivity index (χ3n) is 3.33. The summed E-state index contributed by atoms with van der Waals surface area (Å²) in [5.74, 6) is 0.820. The average molecular weight is 340 g/mol. The molecule has 3 aromatic rings. The summed E-state index contributed by atoms with van der Waals surface area (Å²) in [5, 5.41) is 6.76. The number of hydrogen-bond acceptors (Lipinski definition) is 6. The zero-order valence-electron chi connectivity index (χ0n) is 13.1. The fourth-order valence-electron chi connectivity index (χ4n) is 2.09. The van der Waals surface area contributed by atoms with Crippen LogP contribution in [0.4, 0.5) is 5.69 Å². The van der Waals surface area contributed by atoms with Crippen molar-refractivity contribution in [3.63, 3.8) is 0 Å². The Labute approximate surface area is 143 Å². The molecule has 1 amide bonds.